The summed E-state index contributed by atoms with van der Waals surface area (Å²) in [5, 5.41) is 5.78. The first-order valence-electron chi connectivity index (χ1n) is 11.4. The maximum Gasteiger partial charge on any atom is 0.321 e. The number of aryl methyl sites for hydroxylation is 4. The lowest BCUT2D eigenvalue weighted by Crippen LogP contribution is -2.43. The highest BCUT2D eigenvalue weighted by Gasteiger charge is 2.30. The van der Waals surface area contributed by atoms with Gasteiger partial charge in [-0.1, -0.05) is 29.8 Å². The summed E-state index contributed by atoms with van der Waals surface area (Å²) < 4.78 is 5.46. The SMILES string of the molecule is Cc1cccc(NC(=O)N2CCC(C(=O)OC(C)C(=O)Nc3c(C)cc(C)cc3C)CC2)c1. The van der Waals surface area contributed by atoms with Gasteiger partial charge in [0, 0.05) is 24.5 Å². The van der Waals surface area contributed by atoms with E-state index in [1.54, 1.807) is 11.8 Å². The topological polar surface area (TPSA) is 87.7 Å². The zero-order valence-electron chi connectivity index (χ0n) is 20.0. The molecule has 2 aromatic carbocycles. The molecule has 0 aliphatic carbocycles. The number of likely N-dealkylation sites (tertiary alicyclic amines) is 1. The molecule has 2 N–H and O–H groups in total. The predicted molar refractivity (Wildman–Crippen MR) is 129 cm³/mol. The zero-order chi connectivity index (χ0) is 24.1. The fraction of sp³-hybridized carbons (Fsp3) is 0.423. The van der Waals surface area contributed by atoms with Crippen LogP contribution in [0.25, 0.3) is 0 Å². The second-order valence-electron chi connectivity index (χ2n) is 8.90. The van der Waals surface area contributed by atoms with Crippen molar-refractivity contribution >= 4 is 29.3 Å². The minimum absolute atomic E-state index is 0.177. The minimum atomic E-state index is -0.903. The van der Waals surface area contributed by atoms with Crippen LogP contribution in [-0.2, 0) is 14.3 Å². The molecule has 1 heterocycles. The van der Waals surface area contributed by atoms with Gasteiger partial charge in [-0.25, -0.2) is 4.79 Å². The van der Waals surface area contributed by atoms with Gasteiger partial charge in [0.05, 0.1) is 5.92 Å². The Bertz CT molecular complexity index is 1020. The largest absolute Gasteiger partial charge is 0.452 e. The van der Waals surface area contributed by atoms with Gasteiger partial charge in [0.2, 0.25) is 0 Å². The maximum absolute atomic E-state index is 12.6. The van der Waals surface area contributed by atoms with E-state index in [1.807, 2.05) is 64.1 Å². The molecule has 7 nitrogen and oxygen atoms in total. The Balaban J connectivity index is 1.48. The molecule has 0 saturated carbocycles. The number of esters is 1. The van der Waals surface area contributed by atoms with Gasteiger partial charge < -0.3 is 20.3 Å². The van der Waals surface area contributed by atoms with E-state index in [9.17, 15) is 14.4 Å². The Labute approximate surface area is 195 Å². The number of rotatable bonds is 5. The van der Waals surface area contributed by atoms with E-state index in [1.165, 1.54) is 0 Å². The number of nitrogens with zero attached hydrogens (tertiary/aromatic N) is 1. The lowest BCUT2D eigenvalue weighted by molar-refractivity contribution is -0.158. The van der Waals surface area contributed by atoms with Crippen molar-refractivity contribution in [2.75, 3.05) is 23.7 Å². The number of hydrogen-bond donors (Lipinski definition) is 2. The molecule has 0 bridgehead atoms. The van der Waals surface area contributed by atoms with Gasteiger partial charge in [-0.2, -0.15) is 0 Å². The number of urea groups is 1. The van der Waals surface area contributed by atoms with Crippen molar-refractivity contribution in [3.05, 3.63) is 58.7 Å². The van der Waals surface area contributed by atoms with Gasteiger partial charge in [0.25, 0.3) is 5.91 Å². The molecule has 7 heteroatoms. The molecule has 176 valence electrons. The summed E-state index contributed by atoms with van der Waals surface area (Å²) in [6.07, 6.45) is 0.107. The van der Waals surface area contributed by atoms with Gasteiger partial charge in [-0.3, -0.25) is 9.59 Å². The first kappa shape index (κ1) is 24.3. The van der Waals surface area contributed by atoms with Crippen LogP contribution >= 0.6 is 0 Å². The second kappa shape index (κ2) is 10.5. The Morgan fingerprint density at radius 2 is 1.58 bits per heavy atom. The third-order valence-corrected chi connectivity index (χ3v) is 5.97. The highest BCUT2D eigenvalue weighted by molar-refractivity contribution is 5.96. The minimum Gasteiger partial charge on any atom is -0.452 e. The van der Waals surface area contributed by atoms with Crippen LogP contribution in [0.1, 0.15) is 42.0 Å². The van der Waals surface area contributed by atoms with Gasteiger partial charge in [-0.05, 0) is 76.3 Å². The summed E-state index contributed by atoms with van der Waals surface area (Å²) in [4.78, 5) is 39.5. The Kier molecular flexibility index (Phi) is 7.74. The quantitative estimate of drug-likeness (QED) is 0.643. The first-order chi connectivity index (χ1) is 15.6. The standard InChI is InChI=1S/C26H33N3O4/c1-16-7-6-8-22(15-16)27-26(32)29-11-9-21(10-12-29)25(31)33-20(5)24(30)28-23-18(3)13-17(2)14-19(23)4/h6-8,13-15,20-21H,9-12H2,1-5H3,(H,27,32)(H,28,30). The van der Waals surface area contributed by atoms with E-state index < -0.39 is 12.1 Å². The summed E-state index contributed by atoms with van der Waals surface area (Å²) in [6.45, 7) is 10.4. The number of hydrogen-bond acceptors (Lipinski definition) is 4. The summed E-state index contributed by atoms with van der Waals surface area (Å²) in [7, 11) is 0. The molecule has 3 amide bonds. The van der Waals surface area contributed by atoms with Crippen LogP contribution in [0, 0.1) is 33.6 Å². The summed E-state index contributed by atoms with van der Waals surface area (Å²) in [5.41, 5.74) is 5.63. The van der Waals surface area contributed by atoms with E-state index in [4.69, 9.17) is 4.74 Å². The third-order valence-electron chi connectivity index (χ3n) is 5.97. The lowest BCUT2D eigenvalue weighted by atomic mass is 9.97. The van der Waals surface area contributed by atoms with E-state index in [0.717, 1.165) is 33.6 Å². The maximum atomic E-state index is 12.6. The average molecular weight is 452 g/mol. The van der Waals surface area contributed by atoms with Gasteiger partial charge >= 0.3 is 12.0 Å². The molecule has 3 rings (SSSR count). The molecular weight excluding hydrogens is 418 g/mol. The van der Waals surface area contributed by atoms with Gasteiger partial charge in [-0.15, -0.1) is 0 Å². The van der Waals surface area contributed by atoms with Gasteiger partial charge in [0.15, 0.2) is 6.10 Å². The van der Waals surface area contributed by atoms with Crippen molar-refractivity contribution in [2.24, 2.45) is 5.92 Å². The van der Waals surface area contributed by atoms with Crippen molar-refractivity contribution in [3.8, 4) is 0 Å². The number of nitrogens with one attached hydrogen (secondary N) is 2. The Morgan fingerprint density at radius 3 is 2.18 bits per heavy atom. The van der Waals surface area contributed by atoms with Crippen LogP contribution in [-0.4, -0.2) is 42.0 Å². The fourth-order valence-electron chi connectivity index (χ4n) is 4.17. The molecule has 1 fully saturated rings. The molecule has 0 aromatic heterocycles. The smallest absolute Gasteiger partial charge is 0.321 e. The van der Waals surface area contributed by atoms with Gasteiger partial charge in [0.1, 0.15) is 0 Å². The highest BCUT2D eigenvalue weighted by atomic mass is 16.5. The summed E-state index contributed by atoms with van der Waals surface area (Å²) in [6, 6.07) is 11.5. The molecule has 33 heavy (non-hydrogen) atoms. The van der Waals surface area contributed by atoms with Crippen LogP contribution in [0.2, 0.25) is 0 Å². The van der Waals surface area contributed by atoms with E-state index in [0.29, 0.717) is 25.9 Å². The molecule has 0 radical (unpaired) electrons. The van der Waals surface area contributed by atoms with Crippen LogP contribution in [0.3, 0.4) is 0 Å². The van der Waals surface area contributed by atoms with Crippen molar-refractivity contribution in [3.63, 3.8) is 0 Å². The number of benzene rings is 2. The first-order valence-corrected chi connectivity index (χ1v) is 11.4. The van der Waals surface area contributed by atoms with E-state index in [2.05, 4.69) is 10.6 Å². The Hall–Kier alpha value is -3.35. The van der Waals surface area contributed by atoms with Crippen LogP contribution in [0.15, 0.2) is 36.4 Å². The number of ether oxygens (including phenoxy) is 1. The fourth-order valence-corrected chi connectivity index (χ4v) is 4.17. The Morgan fingerprint density at radius 1 is 0.939 bits per heavy atom. The molecule has 0 spiro atoms. The van der Waals surface area contributed by atoms with Crippen molar-refractivity contribution < 1.29 is 19.1 Å². The van der Waals surface area contributed by atoms with Crippen molar-refractivity contribution in [1.29, 1.82) is 0 Å². The van der Waals surface area contributed by atoms with Crippen molar-refractivity contribution in [2.45, 2.75) is 53.6 Å². The van der Waals surface area contributed by atoms with Crippen LogP contribution in [0.5, 0.6) is 0 Å². The van der Waals surface area contributed by atoms with Crippen LogP contribution < -0.4 is 10.6 Å². The molecule has 1 saturated heterocycles. The van der Waals surface area contributed by atoms with Crippen molar-refractivity contribution in [1.82, 2.24) is 4.90 Å². The predicted octanol–water partition coefficient (Wildman–Crippen LogP) is 4.73. The molecule has 2 aromatic rings. The molecule has 1 unspecified atom stereocenters. The lowest BCUT2D eigenvalue weighted by Gasteiger charge is -2.31. The number of anilines is 2. The second-order valence-corrected chi connectivity index (χ2v) is 8.90. The normalized spacial score (nSPS) is 15.0. The van der Waals surface area contributed by atoms with E-state index in [-0.39, 0.29) is 17.9 Å². The number of carbonyl (C=O) groups excluding carboxylic acids is 3. The average Bonchev–Trinajstić information content (AvgIpc) is 2.76. The number of piperidine rings is 1. The number of carbonyl (C=O) groups is 3. The van der Waals surface area contributed by atoms with E-state index >= 15 is 0 Å². The summed E-state index contributed by atoms with van der Waals surface area (Å²) >= 11 is 0. The summed E-state index contributed by atoms with van der Waals surface area (Å²) in [5.74, 6) is -1.08. The molecule has 1 aliphatic rings. The monoisotopic (exact) mass is 451 g/mol. The van der Waals surface area contributed by atoms with Crippen LogP contribution in [0.4, 0.5) is 16.2 Å². The number of amides is 3. The molecule has 1 aliphatic heterocycles. The highest BCUT2D eigenvalue weighted by Crippen LogP contribution is 2.23. The molecule has 1 atom stereocenters. The molecular formula is C26H33N3O4. The zero-order valence-corrected chi connectivity index (χ0v) is 20.0. The third kappa shape index (κ3) is 6.34.